The van der Waals surface area contributed by atoms with Crippen molar-refractivity contribution in [3.05, 3.63) is 0 Å². The summed E-state index contributed by atoms with van der Waals surface area (Å²) in [5.41, 5.74) is 0. The van der Waals surface area contributed by atoms with Gasteiger partial charge in [-0.1, -0.05) is 0 Å². The van der Waals surface area contributed by atoms with E-state index in [-0.39, 0.29) is 23.2 Å². The number of nitrogens with one attached hydrogen (secondary N) is 2. The van der Waals surface area contributed by atoms with Gasteiger partial charge in [0.15, 0.2) is 0 Å². The minimum atomic E-state index is -0.864. The normalized spacial score (nSPS) is 17.1. The smallest absolute Gasteiger partial charge is 0.315 e. The van der Waals surface area contributed by atoms with Crippen molar-refractivity contribution in [3.63, 3.8) is 0 Å². The van der Waals surface area contributed by atoms with E-state index in [0.29, 0.717) is 12.5 Å². The molecule has 0 saturated heterocycles. The molecule has 1 atom stereocenters. The van der Waals surface area contributed by atoms with E-state index in [2.05, 4.69) is 10.6 Å². The molecule has 6 heteroatoms. The molecule has 0 radical (unpaired) electrons. The highest BCUT2D eigenvalue weighted by Crippen LogP contribution is 2.34. The maximum atomic E-state index is 11.7. The number of hydrogen-bond acceptors (Lipinski definition) is 3. The second-order valence-electron chi connectivity index (χ2n) is 5.33. The number of hydrogen-bond donors (Lipinski definition) is 3. The molecule has 0 spiro atoms. The SMILES string of the molecule is CSC(C)(C)CNC(=O)NC(CC(=O)O)C1CC1. The second kappa shape index (κ2) is 6.31. The van der Waals surface area contributed by atoms with Crippen molar-refractivity contribution in [3.8, 4) is 0 Å². The maximum Gasteiger partial charge on any atom is 0.315 e. The van der Waals surface area contributed by atoms with Crippen molar-refractivity contribution in [2.75, 3.05) is 12.8 Å². The standard InChI is InChI=1S/C12H22N2O3S/c1-12(2,18-3)7-13-11(17)14-9(6-10(15)16)8-4-5-8/h8-9H,4-7H2,1-3H3,(H,15,16)(H2,13,14,17). The van der Waals surface area contributed by atoms with Gasteiger partial charge in [-0.05, 0) is 38.9 Å². The molecule has 2 amide bonds. The lowest BCUT2D eigenvalue weighted by Gasteiger charge is -2.23. The van der Waals surface area contributed by atoms with E-state index in [4.69, 9.17) is 5.11 Å². The Bertz CT molecular complexity index is 316. The summed E-state index contributed by atoms with van der Waals surface area (Å²) in [4.78, 5) is 22.4. The van der Waals surface area contributed by atoms with Crippen LogP contribution in [0, 0.1) is 5.92 Å². The molecule has 1 unspecified atom stereocenters. The van der Waals surface area contributed by atoms with Crippen LogP contribution < -0.4 is 10.6 Å². The molecule has 0 aliphatic heterocycles. The number of carbonyl (C=O) groups excluding carboxylic acids is 1. The fourth-order valence-electron chi connectivity index (χ4n) is 1.61. The summed E-state index contributed by atoms with van der Waals surface area (Å²) in [6.07, 6.45) is 4.02. The molecule has 1 aliphatic carbocycles. The number of rotatable bonds is 7. The van der Waals surface area contributed by atoms with Crippen LogP contribution in [0.3, 0.4) is 0 Å². The quantitative estimate of drug-likeness (QED) is 0.660. The van der Waals surface area contributed by atoms with E-state index in [1.807, 2.05) is 20.1 Å². The topological polar surface area (TPSA) is 78.4 Å². The van der Waals surface area contributed by atoms with Crippen molar-refractivity contribution < 1.29 is 14.7 Å². The third-order valence-electron chi connectivity index (χ3n) is 3.13. The van der Waals surface area contributed by atoms with Crippen LogP contribution >= 0.6 is 11.8 Å². The summed E-state index contributed by atoms with van der Waals surface area (Å²) in [6.45, 7) is 4.66. The first-order valence-corrected chi connectivity index (χ1v) is 7.38. The predicted molar refractivity (Wildman–Crippen MR) is 72.9 cm³/mol. The van der Waals surface area contributed by atoms with Crippen molar-refractivity contribution in [2.45, 2.75) is 43.9 Å². The van der Waals surface area contributed by atoms with Crippen LogP contribution in [0.15, 0.2) is 0 Å². The first kappa shape index (κ1) is 15.1. The van der Waals surface area contributed by atoms with Gasteiger partial charge in [0.05, 0.1) is 6.42 Å². The Morgan fingerprint density at radius 3 is 2.50 bits per heavy atom. The average Bonchev–Trinajstić information content (AvgIpc) is 3.09. The zero-order chi connectivity index (χ0) is 13.8. The summed E-state index contributed by atoms with van der Waals surface area (Å²) in [6, 6.07) is -0.504. The highest BCUT2D eigenvalue weighted by atomic mass is 32.2. The van der Waals surface area contributed by atoms with Crippen molar-refractivity contribution in [1.29, 1.82) is 0 Å². The maximum absolute atomic E-state index is 11.7. The Morgan fingerprint density at radius 1 is 1.44 bits per heavy atom. The molecular weight excluding hydrogens is 252 g/mol. The lowest BCUT2D eigenvalue weighted by Crippen LogP contribution is -2.47. The van der Waals surface area contributed by atoms with E-state index in [0.717, 1.165) is 12.8 Å². The molecule has 18 heavy (non-hydrogen) atoms. The van der Waals surface area contributed by atoms with Crippen molar-refractivity contribution in [1.82, 2.24) is 10.6 Å². The van der Waals surface area contributed by atoms with Gasteiger partial charge < -0.3 is 15.7 Å². The van der Waals surface area contributed by atoms with Crippen LogP contribution in [0.4, 0.5) is 4.79 Å². The zero-order valence-electron chi connectivity index (χ0n) is 11.2. The number of carboxylic acids is 1. The fourth-order valence-corrected chi connectivity index (χ4v) is 1.82. The Hall–Kier alpha value is -0.910. The van der Waals surface area contributed by atoms with E-state index in [1.54, 1.807) is 11.8 Å². The zero-order valence-corrected chi connectivity index (χ0v) is 12.0. The number of aliphatic carboxylic acids is 1. The van der Waals surface area contributed by atoms with Gasteiger partial charge in [-0.15, -0.1) is 0 Å². The molecule has 1 fully saturated rings. The van der Waals surface area contributed by atoms with Gasteiger partial charge in [0, 0.05) is 17.3 Å². The summed E-state index contributed by atoms with van der Waals surface area (Å²) >= 11 is 1.68. The van der Waals surface area contributed by atoms with Crippen LogP contribution in [0.25, 0.3) is 0 Å². The van der Waals surface area contributed by atoms with Gasteiger partial charge in [-0.3, -0.25) is 4.79 Å². The van der Waals surface area contributed by atoms with Gasteiger partial charge in [-0.25, -0.2) is 4.79 Å². The Balaban J connectivity index is 2.35. The highest BCUT2D eigenvalue weighted by molar-refractivity contribution is 7.99. The fraction of sp³-hybridized carbons (Fsp3) is 0.833. The first-order chi connectivity index (χ1) is 8.34. The monoisotopic (exact) mass is 274 g/mol. The Kier molecular flexibility index (Phi) is 5.31. The highest BCUT2D eigenvalue weighted by Gasteiger charge is 2.33. The average molecular weight is 274 g/mol. The number of urea groups is 1. The van der Waals surface area contributed by atoms with Crippen LogP contribution in [0.5, 0.6) is 0 Å². The molecule has 1 rings (SSSR count). The van der Waals surface area contributed by atoms with E-state index >= 15 is 0 Å². The van der Waals surface area contributed by atoms with E-state index in [9.17, 15) is 9.59 Å². The Morgan fingerprint density at radius 2 is 2.06 bits per heavy atom. The van der Waals surface area contributed by atoms with E-state index < -0.39 is 5.97 Å². The third kappa shape index (κ3) is 5.62. The van der Waals surface area contributed by atoms with Crippen LogP contribution in [-0.2, 0) is 4.79 Å². The molecule has 0 aromatic rings. The minimum absolute atomic E-state index is 0.00398. The van der Waals surface area contributed by atoms with Crippen molar-refractivity contribution >= 4 is 23.8 Å². The molecule has 0 aromatic carbocycles. The third-order valence-corrected chi connectivity index (χ3v) is 4.38. The molecule has 1 saturated carbocycles. The minimum Gasteiger partial charge on any atom is -0.481 e. The van der Waals surface area contributed by atoms with Gasteiger partial charge in [0.1, 0.15) is 0 Å². The molecule has 0 heterocycles. The van der Waals surface area contributed by atoms with Gasteiger partial charge >= 0.3 is 12.0 Å². The van der Waals surface area contributed by atoms with Crippen LogP contribution in [0.2, 0.25) is 0 Å². The van der Waals surface area contributed by atoms with Gasteiger partial charge in [0.25, 0.3) is 0 Å². The molecule has 5 nitrogen and oxygen atoms in total. The van der Waals surface area contributed by atoms with Crippen molar-refractivity contribution in [2.24, 2.45) is 5.92 Å². The number of carbonyl (C=O) groups is 2. The summed E-state index contributed by atoms with van der Waals surface area (Å²) in [5.74, 6) is -0.531. The number of carboxylic acid groups (broad SMARTS) is 1. The molecule has 0 aromatic heterocycles. The predicted octanol–water partition coefficient (Wildman–Crippen LogP) is 1.68. The van der Waals surface area contributed by atoms with Crippen LogP contribution in [0.1, 0.15) is 33.1 Å². The molecule has 3 N–H and O–H groups in total. The first-order valence-electron chi connectivity index (χ1n) is 6.15. The second-order valence-corrected chi connectivity index (χ2v) is 6.85. The molecule has 0 bridgehead atoms. The van der Waals surface area contributed by atoms with E-state index in [1.165, 1.54) is 0 Å². The lowest BCUT2D eigenvalue weighted by molar-refractivity contribution is -0.137. The largest absolute Gasteiger partial charge is 0.481 e. The summed E-state index contributed by atoms with van der Waals surface area (Å²) in [5, 5.41) is 14.4. The number of thioether (sulfide) groups is 1. The number of amides is 2. The van der Waals surface area contributed by atoms with Gasteiger partial charge in [0.2, 0.25) is 0 Å². The molecular formula is C12H22N2O3S. The Labute approximate surface area is 112 Å². The van der Waals surface area contributed by atoms with Gasteiger partial charge in [-0.2, -0.15) is 11.8 Å². The van der Waals surface area contributed by atoms with Crippen LogP contribution in [-0.4, -0.2) is 40.7 Å². The summed E-state index contributed by atoms with van der Waals surface area (Å²) < 4.78 is -0.0147. The summed E-state index contributed by atoms with van der Waals surface area (Å²) in [7, 11) is 0. The molecule has 1 aliphatic rings. The lowest BCUT2D eigenvalue weighted by atomic mass is 10.1. The molecule has 104 valence electrons.